The Morgan fingerprint density at radius 3 is 1.21 bits per heavy atom. The van der Waals surface area contributed by atoms with Gasteiger partial charge in [-0.25, -0.2) is 17.6 Å². The highest BCUT2D eigenvalue weighted by Gasteiger charge is 2.23. The van der Waals surface area contributed by atoms with Crippen LogP contribution in [0.15, 0.2) is 60.7 Å². The van der Waals surface area contributed by atoms with Gasteiger partial charge in [0.25, 0.3) is 11.8 Å². The van der Waals surface area contributed by atoms with Gasteiger partial charge in [0.15, 0.2) is 23.3 Å². The summed E-state index contributed by atoms with van der Waals surface area (Å²) in [5, 5.41) is 0. The van der Waals surface area contributed by atoms with Gasteiger partial charge < -0.3 is 9.80 Å². The van der Waals surface area contributed by atoms with Crippen LogP contribution in [0.1, 0.15) is 57.8 Å². The van der Waals surface area contributed by atoms with Crippen molar-refractivity contribution in [1.29, 1.82) is 0 Å². The number of halogens is 4. The van der Waals surface area contributed by atoms with E-state index in [1.54, 1.807) is 27.9 Å². The van der Waals surface area contributed by atoms with Gasteiger partial charge >= 0.3 is 0 Å². The Morgan fingerprint density at radius 1 is 0.588 bits per heavy atom. The highest BCUT2D eigenvalue weighted by Crippen LogP contribution is 2.25. The summed E-state index contributed by atoms with van der Waals surface area (Å²) in [5.74, 6) is -4.63. The van der Waals surface area contributed by atoms with Crippen LogP contribution in [0.4, 0.5) is 17.6 Å². The lowest BCUT2D eigenvalue weighted by Crippen LogP contribution is -2.31. The predicted molar refractivity (Wildman–Crippen MR) is 120 cm³/mol. The van der Waals surface area contributed by atoms with Crippen LogP contribution in [-0.4, -0.2) is 35.7 Å². The molecule has 0 saturated heterocycles. The van der Waals surface area contributed by atoms with Crippen LogP contribution in [0.3, 0.4) is 0 Å². The fourth-order valence-corrected chi connectivity index (χ4v) is 3.51. The van der Waals surface area contributed by atoms with E-state index in [4.69, 9.17) is 0 Å². The molecule has 2 amide bonds. The van der Waals surface area contributed by atoms with Gasteiger partial charge in [-0.3, -0.25) is 9.59 Å². The first kappa shape index (κ1) is 25.0. The van der Waals surface area contributed by atoms with Gasteiger partial charge in [-0.05, 0) is 73.5 Å². The van der Waals surface area contributed by atoms with E-state index in [-0.39, 0.29) is 11.8 Å². The van der Waals surface area contributed by atoms with Crippen molar-refractivity contribution in [3.63, 3.8) is 0 Å². The summed E-state index contributed by atoms with van der Waals surface area (Å²) in [6.07, 6.45) is 0. The van der Waals surface area contributed by atoms with Gasteiger partial charge in [0.2, 0.25) is 0 Å². The van der Waals surface area contributed by atoms with Crippen molar-refractivity contribution < 1.29 is 27.2 Å². The molecule has 0 heterocycles. The molecule has 0 N–H and O–H groups in total. The Labute approximate surface area is 195 Å². The lowest BCUT2D eigenvalue weighted by atomic mass is 10.0. The lowest BCUT2D eigenvalue weighted by Gasteiger charge is -2.26. The highest BCUT2D eigenvalue weighted by atomic mass is 19.2. The summed E-state index contributed by atoms with van der Waals surface area (Å²) < 4.78 is 53.5. The minimum Gasteiger partial charge on any atom is -0.335 e. The SMILES string of the molecule is CC(c1ccc(F)c(F)c1)N(C)C(=O)c1ccc(C(=O)N(C)C(C)c2ccc(F)c(F)c2)cc1. The second-order valence-corrected chi connectivity index (χ2v) is 8.11. The average molecular weight is 472 g/mol. The van der Waals surface area contributed by atoms with Crippen LogP contribution in [-0.2, 0) is 0 Å². The van der Waals surface area contributed by atoms with Gasteiger partial charge in [0.05, 0.1) is 12.1 Å². The highest BCUT2D eigenvalue weighted by molar-refractivity contribution is 5.98. The quantitative estimate of drug-likeness (QED) is 0.419. The molecule has 178 valence electrons. The van der Waals surface area contributed by atoms with Crippen LogP contribution in [0.2, 0.25) is 0 Å². The number of hydrogen-bond acceptors (Lipinski definition) is 2. The second-order valence-electron chi connectivity index (χ2n) is 8.11. The molecule has 0 aliphatic rings. The zero-order chi connectivity index (χ0) is 25.2. The van der Waals surface area contributed by atoms with Gasteiger partial charge in [-0.15, -0.1) is 0 Å². The molecule has 3 aromatic carbocycles. The van der Waals surface area contributed by atoms with Crippen molar-refractivity contribution in [2.24, 2.45) is 0 Å². The topological polar surface area (TPSA) is 40.6 Å². The van der Waals surface area contributed by atoms with Crippen LogP contribution < -0.4 is 0 Å². The van der Waals surface area contributed by atoms with Gasteiger partial charge in [0.1, 0.15) is 0 Å². The summed E-state index contributed by atoms with van der Waals surface area (Å²) in [5.41, 5.74) is 1.50. The van der Waals surface area contributed by atoms with Crippen LogP contribution >= 0.6 is 0 Å². The van der Waals surface area contributed by atoms with E-state index < -0.39 is 35.4 Å². The molecule has 0 fully saturated rings. The first-order chi connectivity index (χ1) is 16.0. The van der Waals surface area contributed by atoms with Crippen LogP contribution in [0.5, 0.6) is 0 Å². The predicted octanol–water partition coefficient (Wildman–Crippen LogP) is 5.91. The molecule has 8 heteroatoms. The van der Waals surface area contributed by atoms with Crippen molar-refractivity contribution in [2.75, 3.05) is 14.1 Å². The Kier molecular flexibility index (Phi) is 7.39. The molecule has 0 aliphatic carbocycles. The van der Waals surface area contributed by atoms with Crippen molar-refractivity contribution in [3.8, 4) is 0 Å². The van der Waals surface area contributed by atoms with E-state index in [2.05, 4.69) is 0 Å². The monoisotopic (exact) mass is 472 g/mol. The Hall–Kier alpha value is -3.68. The van der Waals surface area contributed by atoms with Crippen molar-refractivity contribution in [3.05, 3.63) is 106 Å². The van der Waals surface area contributed by atoms with E-state index in [0.717, 1.165) is 24.3 Å². The maximum Gasteiger partial charge on any atom is 0.254 e. The maximum atomic E-state index is 13.6. The molecule has 0 aromatic heterocycles. The lowest BCUT2D eigenvalue weighted by molar-refractivity contribution is 0.0730. The second kappa shape index (κ2) is 10.1. The Balaban J connectivity index is 1.72. The Morgan fingerprint density at radius 2 is 0.912 bits per heavy atom. The minimum atomic E-state index is -0.991. The normalized spacial score (nSPS) is 12.7. The van der Waals surface area contributed by atoms with Crippen LogP contribution in [0.25, 0.3) is 0 Å². The summed E-state index contributed by atoms with van der Waals surface area (Å²) >= 11 is 0. The molecular formula is C26H24F4N2O2. The average Bonchev–Trinajstić information content (AvgIpc) is 2.84. The molecule has 3 rings (SSSR count). The van der Waals surface area contributed by atoms with Gasteiger partial charge in [0, 0.05) is 25.2 Å². The zero-order valence-corrected chi connectivity index (χ0v) is 19.2. The molecule has 2 atom stereocenters. The zero-order valence-electron chi connectivity index (χ0n) is 19.2. The molecule has 4 nitrogen and oxygen atoms in total. The number of hydrogen-bond donors (Lipinski definition) is 0. The van der Waals surface area contributed by atoms with Crippen molar-refractivity contribution in [1.82, 2.24) is 9.80 Å². The fraction of sp³-hybridized carbons (Fsp3) is 0.231. The van der Waals surface area contributed by atoms with Crippen LogP contribution in [0, 0.1) is 23.3 Å². The largest absolute Gasteiger partial charge is 0.335 e. The van der Waals surface area contributed by atoms with E-state index in [9.17, 15) is 27.2 Å². The summed E-state index contributed by atoms with van der Waals surface area (Å²) in [6.45, 7) is 3.38. The first-order valence-corrected chi connectivity index (χ1v) is 10.6. The summed E-state index contributed by atoms with van der Waals surface area (Å²) in [4.78, 5) is 28.5. The standard InChI is InChI=1S/C26H24F4N2O2/c1-15(19-9-11-21(27)23(29)13-19)31(3)25(33)17-5-7-18(8-6-17)26(34)32(4)16(2)20-10-12-22(28)24(30)14-20/h5-16H,1-4H3. The number of carbonyl (C=O) groups excluding carboxylic acids is 2. The molecular weight excluding hydrogens is 448 g/mol. The first-order valence-electron chi connectivity index (χ1n) is 10.6. The smallest absolute Gasteiger partial charge is 0.254 e. The van der Waals surface area contributed by atoms with Crippen molar-refractivity contribution >= 4 is 11.8 Å². The summed E-state index contributed by atoms with van der Waals surface area (Å²) in [7, 11) is 3.09. The number of benzene rings is 3. The molecule has 2 unspecified atom stereocenters. The number of rotatable bonds is 6. The van der Waals surface area contributed by atoms with Gasteiger partial charge in [-0.2, -0.15) is 0 Å². The number of amides is 2. The number of carbonyl (C=O) groups is 2. The molecule has 0 bridgehead atoms. The molecule has 0 radical (unpaired) electrons. The molecule has 3 aromatic rings. The number of nitrogens with zero attached hydrogens (tertiary/aromatic N) is 2. The molecule has 0 saturated carbocycles. The molecule has 0 aliphatic heterocycles. The molecule has 34 heavy (non-hydrogen) atoms. The van der Waals surface area contributed by atoms with Crippen molar-refractivity contribution in [2.45, 2.75) is 25.9 Å². The van der Waals surface area contributed by atoms with E-state index >= 15 is 0 Å². The third-order valence-corrected chi connectivity index (χ3v) is 6.03. The maximum absolute atomic E-state index is 13.6. The van der Waals surface area contributed by atoms with Gasteiger partial charge in [-0.1, -0.05) is 12.1 Å². The van der Waals surface area contributed by atoms with E-state index in [0.29, 0.717) is 22.3 Å². The molecule has 0 spiro atoms. The third kappa shape index (κ3) is 5.11. The van der Waals surface area contributed by atoms with E-state index in [1.165, 1.54) is 46.2 Å². The Bertz CT molecular complexity index is 1120. The summed E-state index contributed by atoms with van der Waals surface area (Å²) in [6, 6.07) is 11.9. The third-order valence-electron chi connectivity index (χ3n) is 6.03. The minimum absolute atomic E-state index is 0.310. The van der Waals surface area contributed by atoms with E-state index in [1.807, 2.05) is 0 Å². The fourth-order valence-electron chi connectivity index (χ4n) is 3.51.